The molecule has 3 aliphatic rings. The number of nitrogens with zero attached hydrogens (tertiary/aromatic N) is 5. The maximum Gasteiger partial charge on any atom is 0.254 e. The number of fused-ring (bicyclic) bond motifs is 1. The van der Waals surface area contributed by atoms with Gasteiger partial charge in [0.1, 0.15) is 5.54 Å². The lowest BCUT2D eigenvalue weighted by Crippen LogP contribution is -2.49. The highest BCUT2D eigenvalue weighted by molar-refractivity contribution is 6.07. The molecular formula is C16H25N7O. The summed E-state index contributed by atoms with van der Waals surface area (Å²) in [5.41, 5.74) is 1.83. The normalized spacial score (nSPS) is 23.1. The molecule has 3 aliphatic heterocycles. The Labute approximate surface area is 141 Å². The molecule has 4 heterocycles. The van der Waals surface area contributed by atoms with E-state index in [4.69, 9.17) is 5.10 Å². The van der Waals surface area contributed by atoms with Crippen molar-refractivity contribution in [2.75, 3.05) is 33.7 Å². The van der Waals surface area contributed by atoms with Gasteiger partial charge in [-0.2, -0.15) is 5.10 Å². The van der Waals surface area contributed by atoms with Gasteiger partial charge in [0.15, 0.2) is 0 Å². The van der Waals surface area contributed by atoms with Crippen molar-refractivity contribution in [3.05, 3.63) is 17.5 Å². The second-order valence-electron chi connectivity index (χ2n) is 7.12. The summed E-state index contributed by atoms with van der Waals surface area (Å²) in [6.07, 6.45) is 1.54. The van der Waals surface area contributed by atoms with Crippen LogP contribution >= 0.6 is 0 Å². The highest BCUT2D eigenvalue weighted by Gasteiger charge is 2.46. The first-order valence-electron chi connectivity index (χ1n) is 8.63. The van der Waals surface area contributed by atoms with Crippen molar-refractivity contribution >= 4 is 11.9 Å². The van der Waals surface area contributed by atoms with Crippen LogP contribution in [-0.4, -0.2) is 70.7 Å². The fraction of sp³-hybridized carbons (Fsp3) is 0.688. The highest BCUT2D eigenvalue weighted by Crippen LogP contribution is 2.30. The molecule has 1 amide bonds. The van der Waals surface area contributed by atoms with Gasteiger partial charge in [0.2, 0.25) is 5.96 Å². The van der Waals surface area contributed by atoms with E-state index in [1.165, 1.54) is 5.69 Å². The zero-order valence-corrected chi connectivity index (χ0v) is 14.4. The number of aromatic nitrogens is 2. The van der Waals surface area contributed by atoms with Gasteiger partial charge in [0.25, 0.3) is 5.91 Å². The van der Waals surface area contributed by atoms with E-state index < -0.39 is 5.54 Å². The first-order valence-corrected chi connectivity index (χ1v) is 8.63. The van der Waals surface area contributed by atoms with E-state index in [1.54, 1.807) is 0 Å². The number of carbonyl (C=O) groups is 1. The Morgan fingerprint density at radius 3 is 2.75 bits per heavy atom. The zero-order valence-electron chi connectivity index (χ0n) is 14.4. The summed E-state index contributed by atoms with van der Waals surface area (Å²) in [4.78, 5) is 21.3. The third-order valence-corrected chi connectivity index (χ3v) is 5.18. The number of nitrogens with one attached hydrogen (secondary N) is 2. The number of aliphatic imine (C=N–C) groups is 1. The van der Waals surface area contributed by atoms with Crippen LogP contribution in [0.3, 0.4) is 0 Å². The molecule has 0 aromatic carbocycles. The Morgan fingerprint density at radius 1 is 1.29 bits per heavy atom. The topological polar surface area (TPSA) is 77.8 Å². The Kier molecular flexibility index (Phi) is 3.80. The van der Waals surface area contributed by atoms with Gasteiger partial charge in [0, 0.05) is 46.8 Å². The molecule has 8 heteroatoms. The lowest BCUT2D eigenvalue weighted by Gasteiger charge is -2.35. The molecule has 8 nitrogen and oxygen atoms in total. The molecule has 24 heavy (non-hydrogen) atoms. The van der Waals surface area contributed by atoms with Crippen LogP contribution in [-0.2, 0) is 24.4 Å². The third-order valence-electron chi connectivity index (χ3n) is 5.18. The Morgan fingerprint density at radius 2 is 2.08 bits per heavy atom. The molecule has 1 aromatic rings. The van der Waals surface area contributed by atoms with Crippen LogP contribution in [0, 0.1) is 0 Å². The summed E-state index contributed by atoms with van der Waals surface area (Å²) < 4.78 is 2.11. The number of hydrogen-bond acceptors (Lipinski definition) is 6. The van der Waals surface area contributed by atoms with Crippen LogP contribution in [0.25, 0.3) is 0 Å². The first-order chi connectivity index (χ1) is 11.6. The predicted octanol–water partition coefficient (Wildman–Crippen LogP) is -0.632. The van der Waals surface area contributed by atoms with Gasteiger partial charge >= 0.3 is 0 Å². The maximum atomic E-state index is 12.4. The molecule has 0 radical (unpaired) electrons. The number of rotatable bonds is 2. The summed E-state index contributed by atoms with van der Waals surface area (Å²) in [6.45, 7) is 5.43. The monoisotopic (exact) mass is 331 g/mol. The quantitative estimate of drug-likeness (QED) is 0.754. The van der Waals surface area contributed by atoms with E-state index in [9.17, 15) is 4.79 Å². The van der Waals surface area contributed by atoms with E-state index in [1.807, 2.05) is 19.0 Å². The van der Waals surface area contributed by atoms with Gasteiger partial charge in [0.05, 0.1) is 17.9 Å². The largest absolute Gasteiger partial charge is 0.349 e. The lowest BCUT2D eigenvalue weighted by atomic mass is 9.88. The zero-order chi connectivity index (χ0) is 16.7. The summed E-state index contributed by atoms with van der Waals surface area (Å²) in [5, 5.41) is 11.0. The van der Waals surface area contributed by atoms with Crippen LogP contribution in [0.15, 0.2) is 11.1 Å². The van der Waals surface area contributed by atoms with Crippen LogP contribution in [0.4, 0.5) is 0 Å². The van der Waals surface area contributed by atoms with E-state index in [0.29, 0.717) is 5.96 Å². The van der Waals surface area contributed by atoms with Crippen molar-refractivity contribution < 1.29 is 4.79 Å². The molecule has 4 rings (SSSR count). The molecule has 1 spiro atoms. The van der Waals surface area contributed by atoms with Crippen molar-refractivity contribution in [2.24, 2.45) is 4.99 Å². The minimum atomic E-state index is -0.562. The van der Waals surface area contributed by atoms with Gasteiger partial charge in [-0.3, -0.25) is 19.7 Å². The Hall–Kier alpha value is -1.93. The SMILES string of the molecule is CN(C)C1=NC2(CCN(Cc3cc4n(n3)CCNC4)CC2)C(=O)N1. The number of piperidine rings is 1. The number of carbonyl (C=O) groups excluding carboxylic acids is 1. The van der Waals surface area contributed by atoms with Crippen LogP contribution < -0.4 is 10.6 Å². The van der Waals surface area contributed by atoms with Gasteiger partial charge < -0.3 is 10.2 Å². The number of likely N-dealkylation sites (tertiary alicyclic amines) is 1. The number of amides is 1. The van der Waals surface area contributed by atoms with E-state index in [-0.39, 0.29) is 5.91 Å². The first kappa shape index (κ1) is 15.6. The standard InChI is InChI=1S/C16H25N7O/c1-21(2)15-18-14(24)16(19-15)3-6-22(7-4-16)11-12-9-13-10-17-5-8-23(13)20-12/h9,17H,3-8,10-11H2,1-2H3,(H,18,19,24). The van der Waals surface area contributed by atoms with Crippen molar-refractivity contribution in [1.82, 2.24) is 30.2 Å². The maximum absolute atomic E-state index is 12.4. The number of hydrogen-bond donors (Lipinski definition) is 2. The van der Waals surface area contributed by atoms with E-state index in [0.717, 1.165) is 57.8 Å². The van der Waals surface area contributed by atoms with Crippen LogP contribution in [0.5, 0.6) is 0 Å². The molecule has 1 fully saturated rings. The molecule has 1 aromatic heterocycles. The Balaban J connectivity index is 1.40. The minimum Gasteiger partial charge on any atom is -0.349 e. The van der Waals surface area contributed by atoms with Crippen molar-refractivity contribution in [2.45, 2.75) is 38.0 Å². The number of guanidine groups is 1. The van der Waals surface area contributed by atoms with Gasteiger partial charge in [-0.15, -0.1) is 0 Å². The lowest BCUT2D eigenvalue weighted by molar-refractivity contribution is -0.125. The van der Waals surface area contributed by atoms with E-state index >= 15 is 0 Å². The average Bonchev–Trinajstić information content (AvgIpc) is 3.11. The highest BCUT2D eigenvalue weighted by atomic mass is 16.2. The molecular weight excluding hydrogens is 306 g/mol. The molecule has 0 unspecified atom stereocenters. The van der Waals surface area contributed by atoms with Gasteiger partial charge in [-0.25, -0.2) is 4.99 Å². The summed E-state index contributed by atoms with van der Waals surface area (Å²) in [7, 11) is 3.81. The second-order valence-corrected chi connectivity index (χ2v) is 7.12. The second kappa shape index (κ2) is 5.86. The Bertz CT molecular complexity index is 646. The van der Waals surface area contributed by atoms with E-state index in [2.05, 4.69) is 31.3 Å². The van der Waals surface area contributed by atoms with Gasteiger partial charge in [-0.05, 0) is 18.9 Å². The van der Waals surface area contributed by atoms with Crippen LogP contribution in [0.2, 0.25) is 0 Å². The van der Waals surface area contributed by atoms with Crippen molar-refractivity contribution in [3.63, 3.8) is 0 Å². The molecule has 2 N–H and O–H groups in total. The molecule has 1 saturated heterocycles. The molecule has 130 valence electrons. The minimum absolute atomic E-state index is 0.0504. The molecule has 0 saturated carbocycles. The fourth-order valence-electron chi connectivity index (χ4n) is 3.69. The smallest absolute Gasteiger partial charge is 0.254 e. The van der Waals surface area contributed by atoms with Crippen molar-refractivity contribution in [3.8, 4) is 0 Å². The summed E-state index contributed by atoms with van der Waals surface area (Å²) in [5.74, 6) is 0.733. The molecule has 0 bridgehead atoms. The fourth-order valence-corrected chi connectivity index (χ4v) is 3.69. The van der Waals surface area contributed by atoms with Crippen LogP contribution in [0.1, 0.15) is 24.2 Å². The van der Waals surface area contributed by atoms with Gasteiger partial charge in [-0.1, -0.05) is 0 Å². The molecule has 0 atom stereocenters. The summed E-state index contributed by atoms with van der Waals surface area (Å²) >= 11 is 0. The van der Waals surface area contributed by atoms with Crippen molar-refractivity contribution in [1.29, 1.82) is 0 Å². The average molecular weight is 331 g/mol. The molecule has 0 aliphatic carbocycles. The summed E-state index contributed by atoms with van der Waals surface area (Å²) in [6, 6.07) is 2.20. The third kappa shape index (κ3) is 2.69. The predicted molar refractivity (Wildman–Crippen MR) is 90.4 cm³/mol.